The molecule has 0 aliphatic carbocycles. The molecule has 0 aromatic rings. The predicted octanol–water partition coefficient (Wildman–Crippen LogP) is 11.9. The van der Waals surface area contributed by atoms with Gasteiger partial charge in [0, 0.05) is 124 Å². The second-order valence-corrected chi connectivity index (χ2v) is 33.3. The summed E-state index contributed by atoms with van der Waals surface area (Å²) in [6.07, 6.45) is 0.946. The highest BCUT2D eigenvalue weighted by Gasteiger charge is 2.44. The van der Waals surface area contributed by atoms with Crippen molar-refractivity contribution in [3.8, 4) is 0 Å². The van der Waals surface area contributed by atoms with Crippen LogP contribution in [0.25, 0.3) is 0 Å². The van der Waals surface area contributed by atoms with Gasteiger partial charge >= 0.3 is 0 Å². The van der Waals surface area contributed by atoms with E-state index in [-0.39, 0.29) is 36.3 Å². The number of alkyl halides is 3. The molecule has 7 saturated heterocycles. The van der Waals surface area contributed by atoms with Gasteiger partial charge in [-0.25, -0.2) is 21.6 Å². The molecule has 0 aromatic heterocycles. The molecule has 0 unspecified atom stereocenters. The molecule has 13 nitrogen and oxygen atoms in total. The Balaban J connectivity index is 0.000000502. The quantitative estimate of drug-likeness (QED) is 0.131. The molecule has 14 atom stereocenters. The summed E-state index contributed by atoms with van der Waals surface area (Å²) in [6, 6.07) is 5.95. The first kappa shape index (κ1) is 83.3. The third kappa shape index (κ3) is 26.4. The molecule has 86 heavy (non-hydrogen) atoms. The number of nitrogens with zero attached hydrogens (tertiary/aromatic N) is 7. The fourth-order valence-corrected chi connectivity index (χ4v) is 16.8. The predicted molar refractivity (Wildman–Crippen MR) is 359 cm³/mol. The normalized spacial score (nSPS) is 32.4. The monoisotopic (exact) mass is 1250 g/mol. The van der Waals surface area contributed by atoms with Gasteiger partial charge in [-0.3, -0.25) is 34.3 Å². The summed E-state index contributed by atoms with van der Waals surface area (Å²) in [4.78, 5) is 15.9. The summed E-state index contributed by atoms with van der Waals surface area (Å²) >= 11 is 0. The zero-order valence-electron chi connectivity index (χ0n) is 60.6. The highest BCUT2D eigenvalue weighted by atomic mass is 32.2. The van der Waals surface area contributed by atoms with Gasteiger partial charge in [-0.05, 0) is 170 Å². The largest absolute Gasteiger partial charge is 0.392 e. The van der Waals surface area contributed by atoms with E-state index in [0.29, 0.717) is 139 Å². The molecule has 0 amide bonds. The van der Waals surface area contributed by atoms with E-state index in [2.05, 4.69) is 200 Å². The fraction of sp³-hybridized carbons (Fsp3) is 1.00. The van der Waals surface area contributed by atoms with E-state index in [0.717, 1.165) is 51.7 Å². The maximum absolute atomic E-state index is 13.2. The van der Waals surface area contributed by atoms with E-state index < -0.39 is 34.5 Å². The third-order valence-electron chi connectivity index (χ3n) is 19.4. The molecule has 4 N–H and O–H groups in total. The third-order valence-corrected chi connectivity index (χ3v) is 20.9. The van der Waals surface area contributed by atoms with E-state index >= 15 is 0 Å². The van der Waals surface area contributed by atoms with Crippen LogP contribution in [0.1, 0.15) is 226 Å². The highest BCUT2D eigenvalue weighted by Crippen LogP contribution is 2.32. The van der Waals surface area contributed by atoms with E-state index in [9.17, 15) is 42.0 Å². The SMILES string of the molecule is CC(C)[C@H]1CS(=O)(=O)CN1C(C)C.CC(C)[C@H]1C[C@@H](F)CN1C(C)C.CC(C)[C@H]1C[C@@H](O)CN1C(C)C.CC(C)[C@H]1C[C@H](F)CN1C(C)C.CC(C)[C@H]1C[C@H](O)CN1C(C)C.CC(C)[C@H]1[C@H](O)CCN1C(C)C.CC(C)[C@H]1[C@H](O)[C@@H](F)CN1C(C)C. The smallest absolute Gasteiger partial charge is 0.165 e. The molecule has 0 saturated carbocycles. The maximum atomic E-state index is 13.2. The van der Waals surface area contributed by atoms with Crippen molar-refractivity contribution in [1.29, 1.82) is 0 Å². The number of hydrogen-bond acceptors (Lipinski definition) is 13. The van der Waals surface area contributed by atoms with Crippen molar-refractivity contribution in [1.82, 2.24) is 34.3 Å². The molecule has 7 fully saturated rings. The van der Waals surface area contributed by atoms with E-state index in [1.54, 1.807) is 0 Å². The lowest BCUT2D eigenvalue weighted by molar-refractivity contribution is 0.0517. The zero-order valence-corrected chi connectivity index (χ0v) is 61.5. The molecule has 0 spiro atoms. The van der Waals surface area contributed by atoms with Crippen molar-refractivity contribution in [3.63, 3.8) is 0 Å². The van der Waals surface area contributed by atoms with Crippen molar-refractivity contribution in [2.45, 2.75) is 353 Å². The van der Waals surface area contributed by atoms with Crippen molar-refractivity contribution < 1.29 is 42.0 Å². The Morgan fingerprint density at radius 1 is 0.349 bits per heavy atom. The number of hydrogen-bond donors (Lipinski definition) is 4. The summed E-state index contributed by atoms with van der Waals surface area (Å²) in [5.74, 6) is 4.33. The number of β-amino-alcohol motifs (C(OH)–C–C–N with tert-alkyl or cyclic N) is 2. The van der Waals surface area contributed by atoms with Gasteiger partial charge in [-0.2, -0.15) is 0 Å². The van der Waals surface area contributed by atoms with Gasteiger partial charge in [0.25, 0.3) is 0 Å². The Hall–Kier alpha value is -0.700. The van der Waals surface area contributed by atoms with E-state index in [4.69, 9.17) is 0 Å². The summed E-state index contributed by atoms with van der Waals surface area (Å²) < 4.78 is 62.3. The standard InChI is InChI=1S/C10H20FNO.2C10H20FN.3C10H21NO.C9H19NO2S/c1-6(2)9-10(13)8(11)5-12(9)7(3)4;2*1-7(2)10-5-9(11)6-12(10)8(3)4;2*1-7(2)10-5-9(12)6-11(10)8(3)4;1-7(2)10-9(12)5-6-11(10)8(3)4;1-7(2)9-5-13(11,12)6-10(9)8(3)4/h6-10,13H,5H2,1-4H3;2*7-10H,5-6H2,1-4H3;3*7-10,12H,5-6H2,1-4H3;7-9H,5-6H2,1-4H3/t8-,9-,10+;9-,10+;9-,10-;9-,10+;9-,10-;9-,10+;9-/m0010111/s1. The fourth-order valence-electron chi connectivity index (χ4n) is 14.7. The molecular formula is C69H142F3N7O6S. The number of aliphatic hydroxyl groups is 4. The van der Waals surface area contributed by atoms with Crippen molar-refractivity contribution in [2.24, 2.45) is 41.4 Å². The highest BCUT2D eigenvalue weighted by molar-refractivity contribution is 7.91. The average Bonchev–Trinajstić information content (AvgIpc) is 3.27. The van der Waals surface area contributed by atoms with Crippen LogP contribution in [0.15, 0.2) is 0 Å². The van der Waals surface area contributed by atoms with Crippen molar-refractivity contribution in [2.75, 3.05) is 50.9 Å². The molecule has 17 heteroatoms. The Kier molecular flexibility index (Phi) is 37.3. The summed E-state index contributed by atoms with van der Waals surface area (Å²) in [5, 5.41) is 38.4. The van der Waals surface area contributed by atoms with Gasteiger partial charge in [-0.15, -0.1) is 0 Å². The molecule has 0 aromatic carbocycles. The number of sulfone groups is 1. The van der Waals surface area contributed by atoms with Crippen LogP contribution < -0.4 is 0 Å². The van der Waals surface area contributed by atoms with Crippen LogP contribution >= 0.6 is 0 Å². The summed E-state index contributed by atoms with van der Waals surface area (Å²) in [7, 11) is -2.81. The lowest BCUT2D eigenvalue weighted by atomic mass is 9.98. The maximum Gasteiger partial charge on any atom is 0.165 e. The van der Waals surface area contributed by atoms with Crippen LogP contribution in [0.5, 0.6) is 0 Å². The van der Waals surface area contributed by atoms with Crippen molar-refractivity contribution >= 4 is 9.84 Å². The lowest BCUT2D eigenvalue weighted by Crippen LogP contribution is -2.43. The number of rotatable bonds is 14. The average molecular weight is 1250 g/mol. The van der Waals surface area contributed by atoms with Gasteiger partial charge in [-0.1, -0.05) is 96.9 Å². The first-order valence-electron chi connectivity index (χ1n) is 34.5. The second-order valence-electron chi connectivity index (χ2n) is 31.3. The van der Waals surface area contributed by atoms with Gasteiger partial charge in [0.05, 0.1) is 24.1 Å². The lowest BCUT2D eigenvalue weighted by Gasteiger charge is -2.32. The molecule has 7 heterocycles. The number of halogens is 3. The minimum Gasteiger partial charge on any atom is -0.392 e. The number of aliphatic hydroxyl groups excluding tert-OH is 4. The first-order valence-corrected chi connectivity index (χ1v) is 36.4. The van der Waals surface area contributed by atoms with Gasteiger partial charge in [0.2, 0.25) is 0 Å². The Labute approximate surface area is 529 Å². The van der Waals surface area contributed by atoms with Crippen LogP contribution in [0.2, 0.25) is 0 Å². The molecule has 0 bridgehead atoms. The van der Waals surface area contributed by atoms with Crippen LogP contribution in [-0.4, -0.2) is 242 Å². The van der Waals surface area contributed by atoms with Crippen LogP contribution in [0, 0.1) is 41.4 Å². The van der Waals surface area contributed by atoms with Gasteiger partial charge in [0.15, 0.2) is 9.84 Å². The van der Waals surface area contributed by atoms with E-state index in [1.807, 2.05) is 27.7 Å². The topological polar surface area (TPSA) is 138 Å². The molecule has 7 aliphatic heterocycles. The minimum atomic E-state index is -2.81. The second kappa shape index (κ2) is 38.5. The van der Waals surface area contributed by atoms with Gasteiger partial charge < -0.3 is 20.4 Å². The molecule has 516 valence electrons. The molecule has 7 aliphatic rings. The number of likely N-dealkylation sites (tertiary alicyclic amines) is 6. The molecule has 7 rings (SSSR count). The van der Waals surface area contributed by atoms with E-state index in [1.165, 1.54) is 0 Å². The van der Waals surface area contributed by atoms with Crippen molar-refractivity contribution in [3.05, 3.63) is 0 Å². The zero-order chi connectivity index (χ0) is 66.9. The van der Waals surface area contributed by atoms with Crippen LogP contribution in [0.4, 0.5) is 13.2 Å². The molecule has 0 radical (unpaired) electrons. The minimum absolute atomic E-state index is 0.0185. The Morgan fingerprint density at radius 2 is 0.651 bits per heavy atom. The summed E-state index contributed by atoms with van der Waals surface area (Å²) in [6.45, 7) is 64.7. The summed E-state index contributed by atoms with van der Waals surface area (Å²) in [5.41, 5.74) is 0. The van der Waals surface area contributed by atoms with Gasteiger partial charge in [0.1, 0.15) is 30.5 Å². The van der Waals surface area contributed by atoms with Crippen LogP contribution in [0.3, 0.4) is 0 Å². The van der Waals surface area contributed by atoms with Crippen LogP contribution in [-0.2, 0) is 9.84 Å². The first-order chi connectivity index (χ1) is 39.4. The molecular weight excluding hydrogens is 1110 g/mol. The Bertz CT molecular complexity index is 1680. The Morgan fingerprint density at radius 3 is 0.884 bits per heavy atom.